The van der Waals surface area contributed by atoms with Crippen LogP contribution in [0.5, 0.6) is 0 Å². The Kier molecular flexibility index (Phi) is 4.03. The molecule has 1 heterocycles. The summed E-state index contributed by atoms with van der Waals surface area (Å²) in [5.74, 6) is 1.27. The molecule has 0 bridgehead atoms. The maximum Gasteiger partial charge on any atom is 0.159 e. The Morgan fingerprint density at radius 1 is 1.33 bits per heavy atom. The third-order valence-corrected chi connectivity index (χ3v) is 2.56. The standard InChI is InChI=1S/C11H19N3O/c1-5-8-7(3)13-11(14-10(8)12)9(6-2)15-4/h9H,5-6H2,1-4H3,(H2,12,13,14). The molecule has 15 heavy (non-hydrogen) atoms. The van der Waals surface area contributed by atoms with Gasteiger partial charge in [-0.3, -0.25) is 0 Å². The molecule has 0 aliphatic heterocycles. The van der Waals surface area contributed by atoms with Crippen LogP contribution in [-0.2, 0) is 11.2 Å². The lowest BCUT2D eigenvalue weighted by Crippen LogP contribution is -2.11. The summed E-state index contributed by atoms with van der Waals surface area (Å²) in [5.41, 5.74) is 7.86. The molecule has 1 rings (SSSR count). The molecule has 0 fully saturated rings. The molecule has 0 aromatic carbocycles. The second kappa shape index (κ2) is 5.07. The van der Waals surface area contributed by atoms with Gasteiger partial charge >= 0.3 is 0 Å². The summed E-state index contributed by atoms with van der Waals surface area (Å²) in [6.45, 7) is 6.05. The molecule has 1 unspecified atom stereocenters. The maximum absolute atomic E-state index is 5.87. The molecular formula is C11H19N3O. The molecule has 84 valence electrons. The number of ether oxygens (including phenoxy) is 1. The van der Waals surface area contributed by atoms with Crippen molar-refractivity contribution in [3.05, 3.63) is 17.1 Å². The summed E-state index contributed by atoms with van der Waals surface area (Å²) < 4.78 is 5.29. The van der Waals surface area contributed by atoms with E-state index in [1.807, 2.05) is 13.8 Å². The first-order valence-electron chi connectivity index (χ1n) is 5.29. The fraction of sp³-hybridized carbons (Fsp3) is 0.636. The Balaban J connectivity index is 3.12. The highest BCUT2D eigenvalue weighted by molar-refractivity contribution is 5.42. The number of nitrogen functional groups attached to an aromatic ring is 1. The molecule has 0 saturated heterocycles. The smallest absolute Gasteiger partial charge is 0.159 e. The van der Waals surface area contributed by atoms with E-state index < -0.39 is 0 Å². The number of hydrogen-bond acceptors (Lipinski definition) is 4. The van der Waals surface area contributed by atoms with Gasteiger partial charge in [-0.05, 0) is 19.8 Å². The van der Waals surface area contributed by atoms with Crippen LogP contribution >= 0.6 is 0 Å². The van der Waals surface area contributed by atoms with Crippen LogP contribution in [0.3, 0.4) is 0 Å². The summed E-state index contributed by atoms with van der Waals surface area (Å²) in [7, 11) is 1.66. The van der Waals surface area contributed by atoms with Crippen molar-refractivity contribution in [1.29, 1.82) is 0 Å². The minimum absolute atomic E-state index is 0.0584. The molecule has 4 nitrogen and oxygen atoms in total. The van der Waals surface area contributed by atoms with Crippen LogP contribution < -0.4 is 5.73 Å². The van der Waals surface area contributed by atoms with Crippen molar-refractivity contribution in [2.75, 3.05) is 12.8 Å². The molecule has 1 atom stereocenters. The number of aromatic nitrogens is 2. The van der Waals surface area contributed by atoms with Crippen LogP contribution in [0.25, 0.3) is 0 Å². The van der Waals surface area contributed by atoms with Gasteiger partial charge in [0, 0.05) is 18.4 Å². The van der Waals surface area contributed by atoms with E-state index in [2.05, 4.69) is 16.9 Å². The van der Waals surface area contributed by atoms with E-state index >= 15 is 0 Å². The van der Waals surface area contributed by atoms with Crippen LogP contribution in [0.15, 0.2) is 0 Å². The van der Waals surface area contributed by atoms with Crippen molar-refractivity contribution in [2.45, 2.75) is 39.7 Å². The number of hydrogen-bond donors (Lipinski definition) is 1. The van der Waals surface area contributed by atoms with Crippen LogP contribution in [0, 0.1) is 6.92 Å². The van der Waals surface area contributed by atoms with Crippen molar-refractivity contribution in [3.63, 3.8) is 0 Å². The molecule has 4 heteroatoms. The average molecular weight is 209 g/mol. The Morgan fingerprint density at radius 2 is 2.00 bits per heavy atom. The van der Waals surface area contributed by atoms with Gasteiger partial charge in [-0.2, -0.15) is 0 Å². The number of nitrogens with two attached hydrogens (primary N) is 1. The lowest BCUT2D eigenvalue weighted by molar-refractivity contribution is 0.0925. The predicted octanol–water partition coefficient (Wildman–Crippen LogP) is 2.03. The first-order valence-corrected chi connectivity index (χ1v) is 5.29. The van der Waals surface area contributed by atoms with Crippen LogP contribution in [0.2, 0.25) is 0 Å². The third-order valence-electron chi connectivity index (χ3n) is 2.56. The van der Waals surface area contributed by atoms with Crippen molar-refractivity contribution >= 4 is 5.82 Å². The summed E-state index contributed by atoms with van der Waals surface area (Å²) in [4.78, 5) is 8.72. The second-order valence-corrected chi connectivity index (χ2v) is 3.52. The summed E-state index contributed by atoms with van der Waals surface area (Å²) in [5, 5.41) is 0. The highest BCUT2D eigenvalue weighted by Crippen LogP contribution is 2.20. The zero-order chi connectivity index (χ0) is 11.4. The number of aryl methyl sites for hydroxylation is 1. The van der Waals surface area contributed by atoms with Crippen molar-refractivity contribution in [2.24, 2.45) is 0 Å². The van der Waals surface area contributed by atoms with Crippen LogP contribution in [0.1, 0.15) is 43.5 Å². The Hall–Kier alpha value is -1.16. The SMILES string of the molecule is CCc1c(C)nc(C(CC)OC)nc1N. The van der Waals surface area contributed by atoms with Gasteiger partial charge in [0.1, 0.15) is 11.9 Å². The van der Waals surface area contributed by atoms with Gasteiger partial charge in [0.25, 0.3) is 0 Å². The quantitative estimate of drug-likeness (QED) is 0.824. The van der Waals surface area contributed by atoms with Gasteiger partial charge in [0.15, 0.2) is 5.82 Å². The molecule has 0 aliphatic carbocycles. The van der Waals surface area contributed by atoms with Gasteiger partial charge in [0.05, 0.1) is 0 Å². The second-order valence-electron chi connectivity index (χ2n) is 3.52. The molecule has 0 radical (unpaired) electrons. The van der Waals surface area contributed by atoms with Gasteiger partial charge in [-0.25, -0.2) is 9.97 Å². The van der Waals surface area contributed by atoms with E-state index in [4.69, 9.17) is 10.5 Å². The molecule has 0 saturated carbocycles. The number of rotatable bonds is 4. The van der Waals surface area contributed by atoms with Crippen LogP contribution in [-0.4, -0.2) is 17.1 Å². The lowest BCUT2D eigenvalue weighted by Gasteiger charge is -2.14. The fourth-order valence-electron chi connectivity index (χ4n) is 1.68. The normalized spacial score (nSPS) is 12.8. The number of methoxy groups -OCH3 is 1. The molecular weight excluding hydrogens is 190 g/mol. The molecule has 0 spiro atoms. The Labute approximate surface area is 90.9 Å². The number of nitrogens with zero attached hydrogens (tertiary/aromatic N) is 2. The maximum atomic E-state index is 5.87. The molecule has 0 amide bonds. The first-order chi connectivity index (χ1) is 7.13. The third kappa shape index (κ3) is 2.45. The van der Waals surface area contributed by atoms with Gasteiger partial charge in [-0.15, -0.1) is 0 Å². The fourth-order valence-corrected chi connectivity index (χ4v) is 1.68. The molecule has 1 aromatic heterocycles. The summed E-state index contributed by atoms with van der Waals surface area (Å²) in [6.07, 6.45) is 1.65. The van der Waals surface area contributed by atoms with E-state index in [1.165, 1.54) is 0 Å². The molecule has 0 aliphatic rings. The summed E-state index contributed by atoms with van der Waals surface area (Å²) in [6, 6.07) is 0. The zero-order valence-electron chi connectivity index (χ0n) is 9.87. The highest BCUT2D eigenvalue weighted by Gasteiger charge is 2.14. The first kappa shape index (κ1) is 11.9. The predicted molar refractivity (Wildman–Crippen MR) is 60.6 cm³/mol. The molecule has 1 aromatic rings. The topological polar surface area (TPSA) is 61.0 Å². The van der Waals surface area contributed by atoms with E-state index in [0.29, 0.717) is 11.6 Å². The van der Waals surface area contributed by atoms with E-state index in [-0.39, 0.29) is 6.10 Å². The minimum atomic E-state index is -0.0584. The Morgan fingerprint density at radius 3 is 2.40 bits per heavy atom. The van der Waals surface area contributed by atoms with Crippen molar-refractivity contribution in [1.82, 2.24) is 9.97 Å². The zero-order valence-corrected chi connectivity index (χ0v) is 9.87. The average Bonchev–Trinajstić information content (AvgIpc) is 2.19. The number of anilines is 1. The van der Waals surface area contributed by atoms with Crippen LogP contribution in [0.4, 0.5) is 5.82 Å². The van der Waals surface area contributed by atoms with Gasteiger partial charge < -0.3 is 10.5 Å². The van der Waals surface area contributed by atoms with E-state index in [0.717, 1.165) is 24.1 Å². The largest absolute Gasteiger partial charge is 0.383 e. The van der Waals surface area contributed by atoms with Gasteiger partial charge in [0.2, 0.25) is 0 Å². The van der Waals surface area contributed by atoms with E-state index in [9.17, 15) is 0 Å². The van der Waals surface area contributed by atoms with Gasteiger partial charge in [-0.1, -0.05) is 13.8 Å². The van der Waals surface area contributed by atoms with Crippen molar-refractivity contribution in [3.8, 4) is 0 Å². The van der Waals surface area contributed by atoms with E-state index in [1.54, 1.807) is 7.11 Å². The Bertz CT molecular complexity index is 312. The van der Waals surface area contributed by atoms with Crippen molar-refractivity contribution < 1.29 is 4.74 Å². The lowest BCUT2D eigenvalue weighted by atomic mass is 10.1. The molecule has 2 N–H and O–H groups in total. The monoisotopic (exact) mass is 209 g/mol. The summed E-state index contributed by atoms with van der Waals surface area (Å²) >= 11 is 0. The highest BCUT2D eigenvalue weighted by atomic mass is 16.5. The minimum Gasteiger partial charge on any atom is -0.383 e.